The molecule has 0 unspecified atom stereocenters. The maximum atomic E-state index is 13.4. The average Bonchev–Trinajstić information content (AvgIpc) is 2.73. The molecule has 0 radical (unpaired) electrons. The van der Waals surface area contributed by atoms with Crippen LogP contribution in [0.4, 0.5) is 5.69 Å². The van der Waals surface area contributed by atoms with Gasteiger partial charge in [-0.25, -0.2) is 8.42 Å². The fraction of sp³-hybridized carbons (Fsp3) is 0.174. The number of carbonyl (C=O) groups excluding carboxylic acids is 1. The van der Waals surface area contributed by atoms with Gasteiger partial charge in [-0.05, 0) is 55.8 Å². The van der Waals surface area contributed by atoms with Crippen LogP contribution >= 0.6 is 11.6 Å². The number of nitrogens with zero attached hydrogens (tertiary/aromatic N) is 1. The van der Waals surface area contributed by atoms with E-state index in [1.165, 1.54) is 37.4 Å². The number of methoxy groups -OCH3 is 1. The molecule has 31 heavy (non-hydrogen) atoms. The number of aryl methyl sites for hydroxylation is 2. The number of sulfonamides is 1. The van der Waals surface area contributed by atoms with Gasteiger partial charge in [0.1, 0.15) is 11.5 Å². The Morgan fingerprint density at radius 3 is 2.26 bits per heavy atom. The van der Waals surface area contributed by atoms with Crippen molar-refractivity contribution >= 4 is 33.2 Å². The van der Waals surface area contributed by atoms with E-state index >= 15 is 0 Å². The van der Waals surface area contributed by atoms with Crippen molar-refractivity contribution < 1.29 is 22.7 Å². The van der Waals surface area contributed by atoms with Gasteiger partial charge in [0.25, 0.3) is 15.9 Å². The lowest BCUT2D eigenvalue weighted by atomic mass is 10.2. The van der Waals surface area contributed by atoms with Crippen molar-refractivity contribution in [2.45, 2.75) is 18.7 Å². The average molecular weight is 460 g/mol. The topological polar surface area (TPSA) is 72.9 Å². The van der Waals surface area contributed by atoms with Crippen LogP contribution in [-0.4, -0.2) is 28.0 Å². The molecule has 0 aromatic heterocycles. The number of amides is 1. The number of benzene rings is 3. The van der Waals surface area contributed by atoms with E-state index in [9.17, 15) is 13.2 Å². The summed E-state index contributed by atoms with van der Waals surface area (Å²) in [5, 5.41) is 0.178. The minimum atomic E-state index is -4.22. The van der Waals surface area contributed by atoms with Crippen molar-refractivity contribution in [1.82, 2.24) is 0 Å². The predicted octanol–water partition coefficient (Wildman–Crippen LogP) is 4.77. The molecule has 8 heteroatoms. The zero-order valence-corrected chi connectivity index (χ0v) is 18.9. The Bertz CT molecular complexity index is 1190. The number of ether oxygens (including phenoxy) is 2. The van der Waals surface area contributed by atoms with Crippen LogP contribution < -0.4 is 13.8 Å². The zero-order valence-electron chi connectivity index (χ0n) is 17.3. The van der Waals surface area contributed by atoms with Crippen LogP contribution in [0.3, 0.4) is 0 Å². The number of para-hydroxylation sites is 1. The van der Waals surface area contributed by atoms with E-state index < -0.39 is 22.5 Å². The van der Waals surface area contributed by atoms with E-state index in [2.05, 4.69) is 0 Å². The molecule has 0 N–H and O–H groups in total. The number of rotatable bonds is 7. The molecule has 0 atom stereocenters. The summed E-state index contributed by atoms with van der Waals surface area (Å²) in [6.07, 6.45) is 0. The van der Waals surface area contributed by atoms with E-state index in [0.717, 1.165) is 11.1 Å². The number of hydrogen-bond acceptors (Lipinski definition) is 5. The van der Waals surface area contributed by atoms with Gasteiger partial charge >= 0.3 is 0 Å². The van der Waals surface area contributed by atoms with Crippen LogP contribution in [0.25, 0.3) is 0 Å². The molecule has 0 saturated heterocycles. The van der Waals surface area contributed by atoms with Crippen LogP contribution in [0.2, 0.25) is 5.02 Å². The van der Waals surface area contributed by atoms with E-state index in [0.29, 0.717) is 15.8 Å². The molecular formula is C23H22ClNO5S. The van der Waals surface area contributed by atoms with Crippen molar-refractivity contribution in [3.05, 3.63) is 82.9 Å². The molecule has 0 fully saturated rings. The van der Waals surface area contributed by atoms with Gasteiger partial charge in [-0.3, -0.25) is 4.79 Å². The summed E-state index contributed by atoms with van der Waals surface area (Å²) in [5.41, 5.74) is 1.81. The Morgan fingerprint density at radius 1 is 0.968 bits per heavy atom. The first-order valence-corrected chi connectivity index (χ1v) is 11.2. The van der Waals surface area contributed by atoms with Gasteiger partial charge in [0.15, 0.2) is 6.61 Å². The van der Waals surface area contributed by atoms with Crippen LogP contribution in [0.1, 0.15) is 11.1 Å². The third-order valence-electron chi connectivity index (χ3n) is 4.60. The van der Waals surface area contributed by atoms with Gasteiger partial charge in [-0.1, -0.05) is 47.5 Å². The standard InChI is InChI=1S/C23H22ClNO5S/c1-16-8-11-19(12-9-16)31(27,28)25(18-10-13-22(29-3)20(24)14-18)23(26)15-30-21-7-5-4-6-17(21)2/h4-14H,15H2,1-3H3. The Hall–Kier alpha value is -3.03. The second-order valence-electron chi connectivity index (χ2n) is 6.85. The maximum Gasteiger partial charge on any atom is 0.278 e. The molecular weight excluding hydrogens is 438 g/mol. The van der Waals surface area contributed by atoms with Crippen LogP contribution in [-0.2, 0) is 14.8 Å². The fourth-order valence-corrected chi connectivity index (χ4v) is 4.59. The summed E-state index contributed by atoms with van der Waals surface area (Å²) in [6.45, 7) is 3.21. The number of hydrogen-bond donors (Lipinski definition) is 0. The minimum absolute atomic E-state index is 0.0192. The van der Waals surface area contributed by atoms with E-state index in [1.54, 1.807) is 24.3 Å². The second-order valence-corrected chi connectivity index (χ2v) is 9.04. The lowest BCUT2D eigenvalue weighted by Crippen LogP contribution is -2.40. The lowest BCUT2D eigenvalue weighted by Gasteiger charge is -2.23. The molecule has 3 aromatic carbocycles. The highest BCUT2D eigenvalue weighted by Crippen LogP contribution is 2.32. The molecule has 0 aliphatic heterocycles. The predicted molar refractivity (Wildman–Crippen MR) is 121 cm³/mol. The Kier molecular flexibility index (Phi) is 6.87. The van der Waals surface area contributed by atoms with Gasteiger partial charge in [0.2, 0.25) is 0 Å². The molecule has 0 aliphatic carbocycles. The van der Waals surface area contributed by atoms with E-state index in [-0.39, 0.29) is 15.6 Å². The summed E-state index contributed by atoms with van der Waals surface area (Å²) >= 11 is 6.20. The second kappa shape index (κ2) is 9.41. The molecule has 3 aromatic rings. The van der Waals surface area contributed by atoms with Gasteiger partial charge < -0.3 is 9.47 Å². The van der Waals surface area contributed by atoms with Gasteiger partial charge in [0, 0.05) is 0 Å². The highest BCUT2D eigenvalue weighted by Gasteiger charge is 2.32. The first kappa shape index (κ1) is 22.7. The third kappa shape index (κ3) is 5.00. The fourth-order valence-electron chi connectivity index (χ4n) is 2.93. The summed E-state index contributed by atoms with van der Waals surface area (Å²) in [6, 6.07) is 17.8. The zero-order chi connectivity index (χ0) is 22.6. The molecule has 1 amide bonds. The normalized spacial score (nSPS) is 11.1. The van der Waals surface area contributed by atoms with Crippen LogP contribution in [0.5, 0.6) is 11.5 Å². The Balaban J connectivity index is 2.01. The van der Waals surface area contributed by atoms with Crippen molar-refractivity contribution in [3.8, 4) is 11.5 Å². The van der Waals surface area contributed by atoms with Crippen molar-refractivity contribution in [3.63, 3.8) is 0 Å². The molecule has 0 aliphatic rings. The highest BCUT2D eigenvalue weighted by molar-refractivity contribution is 7.93. The van der Waals surface area contributed by atoms with Gasteiger partial charge in [-0.15, -0.1) is 0 Å². The SMILES string of the molecule is COc1ccc(N(C(=O)COc2ccccc2C)S(=O)(=O)c2ccc(C)cc2)cc1Cl. The Morgan fingerprint density at radius 2 is 1.65 bits per heavy atom. The quantitative estimate of drug-likeness (QED) is 0.509. The molecule has 162 valence electrons. The van der Waals surface area contributed by atoms with Crippen LogP contribution in [0, 0.1) is 13.8 Å². The summed E-state index contributed by atoms with van der Waals surface area (Å²) in [5.74, 6) is 0.100. The number of anilines is 1. The molecule has 3 rings (SSSR count). The molecule has 0 heterocycles. The molecule has 0 saturated carbocycles. The lowest BCUT2D eigenvalue weighted by molar-refractivity contribution is -0.119. The van der Waals surface area contributed by atoms with E-state index in [4.69, 9.17) is 21.1 Å². The summed E-state index contributed by atoms with van der Waals surface area (Å²) in [7, 11) is -2.77. The Labute approximate surface area is 187 Å². The summed E-state index contributed by atoms with van der Waals surface area (Å²) < 4.78 is 38.3. The number of carbonyl (C=O) groups is 1. The molecule has 6 nitrogen and oxygen atoms in total. The highest BCUT2D eigenvalue weighted by atomic mass is 35.5. The summed E-state index contributed by atoms with van der Waals surface area (Å²) in [4.78, 5) is 13.1. The van der Waals surface area contributed by atoms with Crippen molar-refractivity contribution in [2.24, 2.45) is 0 Å². The van der Waals surface area contributed by atoms with Crippen molar-refractivity contribution in [1.29, 1.82) is 0 Å². The number of halogens is 1. The minimum Gasteiger partial charge on any atom is -0.495 e. The molecule has 0 bridgehead atoms. The first-order chi connectivity index (χ1) is 14.7. The van der Waals surface area contributed by atoms with Gasteiger partial charge in [-0.2, -0.15) is 4.31 Å². The van der Waals surface area contributed by atoms with Crippen LogP contribution in [0.15, 0.2) is 71.6 Å². The smallest absolute Gasteiger partial charge is 0.278 e. The van der Waals surface area contributed by atoms with Gasteiger partial charge in [0.05, 0.1) is 22.7 Å². The van der Waals surface area contributed by atoms with E-state index in [1.807, 2.05) is 26.0 Å². The molecule has 0 spiro atoms. The van der Waals surface area contributed by atoms with Crippen molar-refractivity contribution in [2.75, 3.05) is 18.0 Å². The monoisotopic (exact) mass is 459 g/mol. The first-order valence-electron chi connectivity index (χ1n) is 9.41. The largest absolute Gasteiger partial charge is 0.495 e. The third-order valence-corrected chi connectivity index (χ3v) is 6.66. The maximum absolute atomic E-state index is 13.4.